The number of halogens is 2. The maximum atomic E-state index is 15.0. The van der Waals surface area contributed by atoms with Gasteiger partial charge in [0.1, 0.15) is 23.3 Å². The number of carbonyl (C=O) groups is 1. The highest BCUT2D eigenvalue weighted by molar-refractivity contribution is 6.18. The van der Waals surface area contributed by atoms with Crippen molar-refractivity contribution >= 4 is 17.7 Å². The number of fused-ring (bicyclic) bond motifs is 3. The zero-order valence-electron chi connectivity index (χ0n) is 23.6. The number of hydrogen-bond donors (Lipinski definition) is 0. The molecule has 7 rings (SSSR count). The second kappa shape index (κ2) is 10.9. The topological polar surface area (TPSA) is 53.7 Å². The largest absolute Gasteiger partial charge is 0.305 e. The lowest BCUT2D eigenvalue weighted by atomic mass is 10.0. The minimum atomic E-state index is -0.651. The number of rotatable bonds is 6. The minimum Gasteiger partial charge on any atom is -0.305 e. The smallest absolute Gasteiger partial charge is 0.283 e. The monoisotopic (exact) mass is 573 g/mol. The summed E-state index contributed by atoms with van der Waals surface area (Å²) >= 11 is 0. The first-order chi connectivity index (χ1) is 21.0. The Kier molecular flexibility index (Phi) is 6.81. The van der Waals surface area contributed by atoms with Crippen molar-refractivity contribution in [1.29, 1.82) is 0 Å². The van der Waals surface area contributed by atoms with E-state index >= 15 is 4.39 Å². The molecule has 43 heavy (non-hydrogen) atoms. The van der Waals surface area contributed by atoms with Crippen LogP contribution in [-0.4, -0.2) is 39.4 Å². The second-order valence-corrected chi connectivity index (χ2v) is 10.7. The van der Waals surface area contributed by atoms with Gasteiger partial charge in [0.15, 0.2) is 5.69 Å². The molecule has 0 aliphatic carbocycles. The van der Waals surface area contributed by atoms with Crippen LogP contribution in [0.2, 0.25) is 0 Å². The van der Waals surface area contributed by atoms with Gasteiger partial charge < -0.3 is 4.57 Å². The summed E-state index contributed by atoms with van der Waals surface area (Å²) in [4.78, 5) is 27.6. The van der Waals surface area contributed by atoms with Crippen LogP contribution in [0.3, 0.4) is 0 Å². The molecule has 4 aromatic carbocycles. The molecule has 5 aromatic rings. The third-order valence-corrected chi connectivity index (χ3v) is 8.12. The third-order valence-electron chi connectivity index (χ3n) is 8.12. The maximum absolute atomic E-state index is 15.0. The number of guanidine groups is 1. The van der Waals surface area contributed by atoms with E-state index in [9.17, 15) is 9.18 Å². The quantitative estimate of drug-likeness (QED) is 0.214. The van der Waals surface area contributed by atoms with Crippen molar-refractivity contribution in [3.8, 4) is 22.5 Å². The molecule has 3 heterocycles. The normalized spacial score (nSPS) is 16.1. The number of aromatic nitrogens is 2. The molecular formula is C35H29F2N5O. The van der Waals surface area contributed by atoms with Crippen molar-refractivity contribution < 1.29 is 13.6 Å². The van der Waals surface area contributed by atoms with E-state index in [2.05, 4.69) is 12.1 Å². The first kappa shape index (κ1) is 26.8. The number of hydrogen-bond acceptors (Lipinski definition) is 4. The fraction of sp³-hybridized carbons (Fsp3) is 0.171. The van der Waals surface area contributed by atoms with E-state index in [4.69, 9.17) is 9.98 Å². The Morgan fingerprint density at radius 2 is 1.51 bits per heavy atom. The summed E-state index contributed by atoms with van der Waals surface area (Å²) in [6.07, 6.45) is 0.732. The molecule has 2 aliphatic rings. The van der Waals surface area contributed by atoms with Gasteiger partial charge in [-0.25, -0.2) is 18.8 Å². The molecule has 0 spiro atoms. The number of carbonyl (C=O) groups excluding carboxylic acids is 1. The molecule has 6 nitrogen and oxygen atoms in total. The summed E-state index contributed by atoms with van der Waals surface area (Å²) in [5.74, 6) is 0.127. The number of amides is 1. The van der Waals surface area contributed by atoms with Gasteiger partial charge >= 0.3 is 0 Å². The highest BCUT2D eigenvalue weighted by Crippen LogP contribution is 2.39. The van der Waals surface area contributed by atoms with Gasteiger partial charge in [-0.3, -0.25) is 14.6 Å². The molecule has 8 heteroatoms. The summed E-state index contributed by atoms with van der Waals surface area (Å²) in [5, 5.41) is 0. The maximum Gasteiger partial charge on any atom is 0.283 e. The average Bonchev–Trinajstić information content (AvgIpc) is 3.43. The molecule has 1 aromatic heterocycles. The fourth-order valence-electron chi connectivity index (χ4n) is 5.96. The first-order valence-corrected chi connectivity index (χ1v) is 14.4. The van der Waals surface area contributed by atoms with Crippen LogP contribution >= 0.6 is 0 Å². The molecule has 0 saturated heterocycles. The van der Waals surface area contributed by atoms with Crippen LogP contribution in [0.15, 0.2) is 108 Å². The summed E-state index contributed by atoms with van der Waals surface area (Å²) < 4.78 is 30.7. The predicted octanol–water partition coefficient (Wildman–Crippen LogP) is 7.33. The molecule has 0 N–H and O–H groups in total. The predicted molar refractivity (Wildman–Crippen MR) is 164 cm³/mol. The van der Waals surface area contributed by atoms with Gasteiger partial charge in [0, 0.05) is 30.3 Å². The summed E-state index contributed by atoms with van der Waals surface area (Å²) in [5.41, 5.74) is 4.59. The van der Waals surface area contributed by atoms with Crippen molar-refractivity contribution in [2.45, 2.75) is 25.9 Å². The van der Waals surface area contributed by atoms with Gasteiger partial charge in [0.05, 0.1) is 12.6 Å². The minimum absolute atomic E-state index is 0.0650. The third kappa shape index (κ3) is 4.78. The summed E-state index contributed by atoms with van der Waals surface area (Å²) in [6, 6.07) is 31.6. The van der Waals surface area contributed by atoms with E-state index in [-0.39, 0.29) is 18.5 Å². The van der Waals surface area contributed by atoms with Crippen LogP contribution in [0.25, 0.3) is 22.5 Å². The van der Waals surface area contributed by atoms with Gasteiger partial charge in [0.25, 0.3) is 5.91 Å². The fourth-order valence-corrected chi connectivity index (χ4v) is 5.96. The van der Waals surface area contributed by atoms with Crippen molar-refractivity contribution in [2.24, 2.45) is 4.99 Å². The van der Waals surface area contributed by atoms with E-state index in [1.54, 1.807) is 4.90 Å². The molecule has 0 saturated carbocycles. The second-order valence-electron chi connectivity index (χ2n) is 10.7. The number of benzene rings is 4. The van der Waals surface area contributed by atoms with E-state index in [0.717, 1.165) is 34.7 Å². The SMILES string of the molecule is CCN1C(=O)c2nc(-c3ccc(-c4ccccc4)cc3)n(Cc3ccc(F)cc3F)c2N2CC[C@@H](c3ccccc3)N=C12. The molecule has 2 aliphatic heterocycles. The molecular weight excluding hydrogens is 544 g/mol. The molecule has 0 bridgehead atoms. The van der Waals surface area contributed by atoms with Crippen LogP contribution in [0.4, 0.5) is 14.6 Å². The standard InChI is InChI=1S/C35H29F2N5O/c1-2-40-34(43)31-33(41-20-19-30(38-35(40)41)25-11-7-4-8-12-25)42(22-27-17-18-28(36)21-29(27)37)32(39-31)26-15-13-24(14-16-26)23-9-5-3-6-10-23/h3-18,21,30H,2,19-20,22H2,1H3/t30-/m0/s1. The lowest BCUT2D eigenvalue weighted by molar-refractivity contribution is 0.0838. The Morgan fingerprint density at radius 3 is 2.21 bits per heavy atom. The first-order valence-electron chi connectivity index (χ1n) is 14.4. The van der Waals surface area contributed by atoms with E-state index in [1.807, 2.05) is 89.2 Å². The van der Waals surface area contributed by atoms with E-state index in [0.29, 0.717) is 41.9 Å². The average molecular weight is 574 g/mol. The lowest BCUT2D eigenvalue weighted by Gasteiger charge is -2.41. The van der Waals surface area contributed by atoms with Crippen molar-refractivity contribution in [3.05, 3.63) is 132 Å². The van der Waals surface area contributed by atoms with Crippen LogP contribution < -0.4 is 4.90 Å². The number of imidazole rings is 1. The summed E-state index contributed by atoms with van der Waals surface area (Å²) in [6.45, 7) is 3.01. The number of aliphatic imine (C=N–C) groups is 1. The molecule has 1 atom stereocenters. The Labute approximate surface area is 248 Å². The van der Waals surface area contributed by atoms with Crippen LogP contribution in [0.1, 0.15) is 41.0 Å². The van der Waals surface area contributed by atoms with Gasteiger partial charge in [-0.05, 0) is 36.1 Å². The Bertz CT molecular complexity index is 1830. The number of nitrogens with zero attached hydrogens (tertiary/aromatic N) is 5. The zero-order chi connectivity index (χ0) is 29.5. The van der Waals surface area contributed by atoms with Gasteiger partial charge in [-0.2, -0.15) is 0 Å². The molecule has 0 fully saturated rings. The van der Waals surface area contributed by atoms with Gasteiger partial charge in [-0.15, -0.1) is 0 Å². The molecule has 1 amide bonds. The number of anilines is 1. The van der Waals surface area contributed by atoms with E-state index < -0.39 is 11.6 Å². The Morgan fingerprint density at radius 1 is 0.837 bits per heavy atom. The van der Waals surface area contributed by atoms with Crippen molar-refractivity contribution in [2.75, 3.05) is 18.0 Å². The molecule has 214 valence electrons. The highest BCUT2D eigenvalue weighted by Gasteiger charge is 2.42. The van der Waals surface area contributed by atoms with E-state index in [1.165, 1.54) is 12.1 Å². The Hall–Kier alpha value is -5.11. The van der Waals surface area contributed by atoms with Gasteiger partial charge in [-0.1, -0.05) is 91.0 Å². The Balaban J connectivity index is 1.38. The van der Waals surface area contributed by atoms with Crippen molar-refractivity contribution in [3.63, 3.8) is 0 Å². The highest BCUT2D eigenvalue weighted by atomic mass is 19.1. The summed E-state index contributed by atoms with van der Waals surface area (Å²) in [7, 11) is 0. The van der Waals surface area contributed by atoms with Gasteiger partial charge in [0.2, 0.25) is 5.96 Å². The van der Waals surface area contributed by atoms with Crippen molar-refractivity contribution in [1.82, 2.24) is 14.5 Å². The zero-order valence-corrected chi connectivity index (χ0v) is 23.6. The molecule has 0 unspecified atom stereocenters. The van der Waals surface area contributed by atoms with Crippen LogP contribution in [0, 0.1) is 11.6 Å². The van der Waals surface area contributed by atoms with Crippen LogP contribution in [-0.2, 0) is 6.54 Å². The molecule has 0 radical (unpaired) electrons. The lowest BCUT2D eigenvalue weighted by Crippen LogP contribution is -2.54. The van der Waals surface area contributed by atoms with Crippen LogP contribution in [0.5, 0.6) is 0 Å².